The first-order valence-electron chi connectivity index (χ1n) is 6.95. The fourth-order valence-electron chi connectivity index (χ4n) is 2.43. The van der Waals surface area contributed by atoms with Gasteiger partial charge in [-0.05, 0) is 12.1 Å². The minimum absolute atomic E-state index is 0.0535. The number of aromatic nitrogens is 2. The Balaban J connectivity index is 2.47. The summed E-state index contributed by atoms with van der Waals surface area (Å²) in [7, 11) is 1.42. The molecule has 0 aliphatic heterocycles. The molecule has 6 nitrogen and oxygen atoms in total. The zero-order valence-corrected chi connectivity index (χ0v) is 12.7. The van der Waals surface area contributed by atoms with Crippen LogP contribution in [0, 0.1) is 17.5 Å². The Hall–Kier alpha value is -3.36. The van der Waals surface area contributed by atoms with Crippen molar-refractivity contribution in [3.05, 3.63) is 63.8 Å². The van der Waals surface area contributed by atoms with E-state index in [1.165, 1.54) is 7.05 Å². The number of aromatic carboxylic acids is 1. The molecule has 2 N–H and O–H groups in total. The van der Waals surface area contributed by atoms with Gasteiger partial charge < -0.3 is 10.4 Å². The standard InChI is InChI=1S/C16H10F3N3O3/c1-20-12-4-13(11(19)3-10(12)18)22-6-9(16(24)25)14(23)8-2-7(17)5-21-15(8)22/h2-6,20H,1H3,(H,24,25). The fourth-order valence-corrected chi connectivity index (χ4v) is 2.43. The molecular formula is C16H10F3N3O3. The van der Waals surface area contributed by atoms with Crippen molar-refractivity contribution >= 4 is 22.7 Å². The van der Waals surface area contributed by atoms with Gasteiger partial charge in [0, 0.05) is 19.3 Å². The lowest BCUT2D eigenvalue weighted by Crippen LogP contribution is -2.19. The summed E-state index contributed by atoms with van der Waals surface area (Å²) in [5, 5.41) is 11.4. The molecule has 0 aliphatic carbocycles. The molecule has 0 fully saturated rings. The number of carbonyl (C=O) groups is 1. The molecule has 0 spiro atoms. The SMILES string of the molecule is CNc1cc(-n2cc(C(=O)O)c(=O)c3cc(F)cnc32)c(F)cc1F. The second-order valence-corrected chi connectivity index (χ2v) is 5.11. The number of fused-ring (bicyclic) bond motifs is 1. The van der Waals surface area contributed by atoms with Crippen LogP contribution in [0.5, 0.6) is 0 Å². The Labute approximate surface area is 138 Å². The average Bonchev–Trinajstić information content (AvgIpc) is 2.56. The van der Waals surface area contributed by atoms with Gasteiger partial charge in [0.2, 0.25) is 5.43 Å². The van der Waals surface area contributed by atoms with E-state index in [0.717, 1.165) is 29.1 Å². The first-order valence-corrected chi connectivity index (χ1v) is 6.95. The molecule has 0 bridgehead atoms. The lowest BCUT2D eigenvalue weighted by Gasteiger charge is -2.14. The van der Waals surface area contributed by atoms with Crippen LogP contribution in [-0.2, 0) is 0 Å². The number of nitrogens with zero attached hydrogens (tertiary/aromatic N) is 2. The minimum Gasteiger partial charge on any atom is -0.477 e. The van der Waals surface area contributed by atoms with Crippen molar-refractivity contribution < 1.29 is 23.1 Å². The molecular weight excluding hydrogens is 339 g/mol. The molecule has 1 aromatic carbocycles. The quantitative estimate of drug-likeness (QED) is 0.759. The molecule has 0 radical (unpaired) electrons. The van der Waals surface area contributed by atoms with Gasteiger partial charge in [0.25, 0.3) is 0 Å². The first kappa shape index (κ1) is 16.5. The van der Waals surface area contributed by atoms with Crippen LogP contribution in [0.2, 0.25) is 0 Å². The summed E-state index contributed by atoms with van der Waals surface area (Å²) in [5.41, 5.74) is -2.12. The highest BCUT2D eigenvalue weighted by atomic mass is 19.1. The number of nitrogens with one attached hydrogen (secondary N) is 1. The van der Waals surface area contributed by atoms with Gasteiger partial charge >= 0.3 is 5.97 Å². The first-order chi connectivity index (χ1) is 11.8. The maximum atomic E-state index is 14.3. The van der Waals surface area contributed by atoms with Crippen LogP contribution in [0.25, 0.3) is 16.7 Å². The highest BCUT2D eigenvalue weighted by Crippen LogP contribution is 2.25. The summed E-state index contributed by atoms with van der Waals surface area (Å²) >= 11 is 0. The summed E-state index contributed by atoms with van der Waals surface area (Å²) in [6, 6.07) is 2.51. The molecule has 0 unspecified atom stereocenters. The van der Waals surface area contributed by atoms with Crippen LogP contribution in [0.1, 0.15) is 10.4 Å². The molecule has 2 aromatic heterocycles. The third-order valence-electron chi connectivity index (χ3n) is 3.60. The molecule has 0 saturated carbocycles. The monoisotopic (exact) mass is 349 g/mol. The van der Waals surface area contributed by atoms with Crippen LogP contribution in [0.4, 0.5) is 18.9 Å². The van der Waals surface area contributed by atoms with E-state index in [9.17, 15) is 27.9 Å². The molecule has 25 heavy (non-hydrogen) atoms. The third-order valence-corrected chi connectivity index (χ3v) is 3.60. The van der Waals surface area contributed by atoms with Gasteiger partial charge in [-0.15, -0.1) is 0 Å². The molecule has 128 valence electrons. The number of carboxylic acid groups (broad SMARTS) is 1. The van der Waals surface area contributed by atoms with Crippen molar-refractivity contribution in [1.29, 1.82) is 0 Å². The van der Waals surface area contributed by atoms with Gasteiger partial charge in [-0.25, -0.2) is 22.9 Å². The predicted octanol–water partition coefficient (Wildman–Crippen LogP) is 2.54. The van der Waals surface area contributed by atoms with Crippen molar-refractivity contribution in [1.82, 2.24) is 9.55 Å². The molecule has 0 saturated heterocycles. The number of anilines is 1. The van der Waals surface area contributed by atoms with Crippen molar-refractivity contribution in [3.8, 4) is 5.69 Å². The summed E-state index contributed by atoms with van der Waals surface area (Å²) in [4.78, 5) is 27.3. The Morgan fingerprint density at radius 3 is 2.56 bits per heavy atom. The highest BCUT2D eigenvalue weighted by Gasteiger charge is 2.19. The Morgan fingerprint density at radius 1 is 1.20 bits per heavy atom. The van der Waals surface area contributed by atoms with Crippen molar-refractivity contribution in [2.75, 3.05) is 12.4 Å². The minimum atomic E-state index is -1.57. The molecule has 0 amide bonds. The van der Waals surface area contributed by atoms with E-state index in [0.29, 0.717) is 6.07 Å². The van der Waals surface area contributed by atoms with Crippen molar-refractivity contribution in [2.24, 2.45) is 0 Å². The normalized spacial score (nSPS) is 10.9. The van der Waals surface area contributed by atoms with Crippen LogP contribution in [0.3, 0.4) is 0 Å². The summed E-state index contributed by atoms with van der Waals surface area (Å²) in [5.74, 6) is -4.29. The smallest absolute Gasteiger partial charge is 0.341 e. The zero-order chi connectivity index (χ0) is 18.3. The number of carboxylic acids is 1. The molecule has 3 aromatic rings. The molecule has 0 aliphatic rings. The fraction of sp³-hybridized carbons (Fsp3) is 0.0625. The van der Waals surface area contributed by atoms with Gasteiger partial charge in [-0.2, -0.15) is 0 Å². The number of pyridine rings is 2. The van der Waals surface area contributed by atoms with Gasteiger partial charge in [0.1, 0.15) is 28.7 Å². The van der Waals surface area contributed by atoms with E-state index in [4.69, 9.17) is 0 Å². The summed E-state index contributed by atoms with van der Waals surface area (Å²) in [6.07, 6.45) is 1.67. The summed E-state index contributed by atoms with van der Waals surface area (Å²) < 4.78 is 42.4. The Kier molecular flexibility index (Phi) is 3.91. The van der Waals surface area contributed by atoms with Gasteiger partial charge in [0.15, 0.2) is 0 Å². The number of rotatable bonds is 3. The number of benzene rings is 1. The predicted molar refractivity (Wildman–Crippen MR) is 83.7 cm³/mol. The van der Waals surface area contributed by atoms with E-state index in [1.54, 1.807) is 0 Å². The zero-order valence-electron chi connectivity index (χ0n) is 12.7. The van der Waals surface area contributed by atoms with Crippen LogP contribution in [-0.4, -0.2) is 27.7 Å². The van der Waals surface area contributed by atoms with Crippen molar-refractivity contribution in [2.45, 2.75) is 0 Å². The number of hydrogen-bond acceptors (Lipinski definition) is 4. The second-order valence-electron chi connectivity index (χ2n) is 5.11. The van der Waals surface area contributed by atoms with E-state index in [-0.39, 0.29) is 22.4 Å². The number of hydrogen-bond donors (Lipinski definition) is 2. The second kappa shape index (κ2) is 5.93. The molecule has 3 rings (SSSR count). The molecule has 2 heterocycles. The third kappa shape index (κ3) is 2.69. The largest absolute Gasteiger partial charge is 0.477 e. The van der Waals surface area contributed by atoms with Crippen LogP contribution in [0.15, 0.2) is 35.4 Å². The maximum Gasteiger partial charge on any atom is 0.341 e. The lowest BCUT2D eigenvalue weighted by atomic mass is 10.1. The average molecular weight is 349 g/mol. The van der Waals surface area contributed by atoms with Crippen molar-refractivity contribution in [3.63, 3.8) is 0 Å². The van der Waals surface area contributed by atoms with Crippen LogP contribution >= 0.6 is 0 Å². The summed E-state index contributed by atoms with van der Waals surface area (Å²) in [6.45, 7) is 0. The van der Waals surface area contributed by atoms with Gasteiger partial charge in [0.05, 0.1) is 23.0 Å². The Morgan fingerprint density at radius 2 is 1.92 bits per heavy atom. The van der Waals surface area contributed by atoms with Crippen LogP contribution < -0.4 is 10.7 Å². The van der Waals surface area contributed by atoms with E-state index >= 15 is 0 Å². The topological polar surface area (TPSA) is 84.2 Å². The Bertz CT molecular complexity index is 1080. The van der Waals surface area contributed by atoms with Gasteiger partial charge in [-0.3, -0.25) is 9.36 Å². The van der Waals surface area contributed by atoms with E-state index in [1.807, 2.05) is 0 Å². The number of halogens is 3. The molecule has 0 atom stereocenters. The lowest BCUT2D eigenvalue weighted by molar-refractivity contribution is 0.0695. The highest BCUT2D eigenvalue weighted by molar-refractivity contribution is 5.92. The maximum absolute atomic E-state index is 14.3. The van der Waals surface area contributed by atoms with E-state index in [2.05, 4.69) is 10.3 Å². The molecule has 9 heteroatoms. The van der Waals surface area contributed by atoms with E-state index < -0.39 is 34.4 Å². The van der Waals surface area contributed by atoms with Gasteiger partial charge in [-0.1, -0.05) is 0 Å².